The van der Waals surface area contributed by atoms with Gasteiger partial charge < -0.3 is 5.73 Å². The molecule has 6 heteroatoms. The molecule has 0 amide bonds. The molecule has 1 aliphatic heterocycles. The van der Waals surface area contributed by atoms with Gasteiger partial charge in [-0.05, 0) is 23.3 Å². The van der Waals surface area contributed by atoms with Crippen molar-refractivity contribution in [2.45, 2.75) is 37.6 Å². The van der Waals surface area contributed by atoms with Crippen molar-refractivity contribution in [3.8, 4) is 0 Å². The summed E-state index contributed by atoms with van der Waals surface area (Å²) in [6.07, 6.45) is 2.39. The summed E-state index contributed by atoms with van der Waals surface area (Å²) >= 11 is 1.99. The van der Waals surface area contributed by atoms with E-state index in [0.29, 0.717) is 12.6 Å². The second-order valence-electron chi connectivity index (χ2n) is 3.62. The quantitative estimate of drug-likeness (QED) is 0.778. The Morgan fingerprint density at radius 3 is 3.07 bits per heavy atom. The van der Waals surface area contributed by atoms with E-state index >= 15 is 0 Å². The predicted molar refractivity (Wildman–Crippen MR) is 55.9 cm³/mol. The molecule has 2 heterocycles. The van der Waals surface area contributed by atoms with Crippen LogP contribution in [-0.4, -0.2) is 31.2 Å². The first-order chi connectivity index (χ1) is 6.81. The minimum Gasteiger partial charge on any atom is -0.324 e. The first kappa shape index (κ1) is 9.92. The van der Waals surface area contributed by atoms with Crippen molar-refractivity contribution in [3.05, 3.63) is 5.82 Å². The molecule has 14 heavy (non-hydrogen) atoms. The second-order valence-corrected chi connectivity index (χ2v) is 5.09. The van der Waals surface area contributed by atoms with Crippen LogP contribution in [0.25, 0.3) is 0 Å². The molecule has 5 nitrogen and oxygen atoms in total. The number of aromatic nitrogens is 4. The van der Waals surface area contributed by atoms with Crippen molar-refractivity contribution in [2.24, 2.45) is 5.73 Å². The van der Waals surface area contributed by atoms with Gasteiger partial charge in [-0.2, -0.15) is 11.8 Å². The van der Waals surface area contributed by atoms with E-state index in [1.54, 1.807) is 0 Å². The maximum absolute atomic E-state index is 5.56. The normalized spacial score (nSPS) is 27.9. The Labute approximate surface area is 87.4 Å². The van der Waals surface area contributed by atoms with Gasteiger partial charge in [-0.15, -0.1) is 5.10 Å². The van der Waals surface area contributed by atoms with Crippen molar-refractivity contribution in [2.75, 3.05) is 5.75 Å². The summed E-state index contributed by atoms with van der Waals surface area (Å²) < 4.78 is 1.89. The molecule has 0 aromatic carbocycles. The minimum atomic E-state index is 0.420. The number of hydrogen-bond donors (Lipinski definition) is 1. The summed E-state index contributed by atoms with van der Waals surface area (Å²) in [6, 6.07) is 0.435. The number of tetrazole rings is 1. The molecular weight excluding hydrogens is 198 g/mol. The molecule has 2 unspecified atom stereocenters. The molecule has 2 atom stereocenters. The predicted octanol–water partition coefficient (Wildman–Crippen LogP) is 0.588. The third kappa shape index (κ3) is 1.90. The molecule has 2 N–H and O–H groups in total. The first-order valence-corrected chi connectivity index (χ1v) is 5.94. The van der Waals surface area contributed by atoms with E-state index in [-0.39, 0.29) is 0 Å². The fourth-order valence-corrected chi connectivity index (χ4v) is 2.85. The zero-order valence-electron chi connectivity index (χ0n) is 8.26. The lowest BCUT2D eigenvalue weighted by molar-refractivity contribution is 0.418. The number of hydrogen-bond acceptors (Lipinski definition) is 5. The highest BCUT2D eigenvalue weighted by Crippen LogP contribution is 2.31. The van der Waals surface area contributed by atoms with Gasteiger partial charge >= 0.3 is 0 Å². The van der Waals surface area contributed by atoms with E-state index in [9.17, 15) is 0 Å². The topological polar surface area (TPSA) is 69.6 Å². The summed E-state index contributed by atoms with van der Waals surface area (Å²) in [5, 5.41) is 12.3. The lowest BCUT2D eigenvalue weighted by atomic mass is 10.1. The van der Waals surface area contributed by atoms with Crippen LogP contribution in [0.2, 0.25) is 0 Å². The molecule has 0 bridgehead atoms. The Morgan fingerprint density at radius 2 is 2.43 bits per heavy atom. The highest BCUT2D eigenvalue weighted by atomic mass is 32.2. The average molecular weight is 213 g/mol. The van der Waals surface area contributed by atoms with Gasteiger partial charge in [0.15, 0.2) is 5.82 Å². The van der Waals surface area contributed by atoms with E-state index in [1.165, 1.54) is 6.42 Å². The van der Waals surface area contributed by atoms with Crippen molar-refractivity contribution in [1.29, 1.82) is 0 Å². The minimum absolute atomic E-state index is 0.420. The van der Waals surface area contributed by atoms with Crippen molar-refractivity contribution < 1.29 is 0 Å². The highest BCUT2D eigenvalue weighted by molar-refractivity contribution is 7.99. The summed E-state index contributed by atoms with van der Waals surface area (Å²) in [4.78, 5) is 0. The Bertz CT molecular complexity index is 292. The van der Waals surface area contributed by atoms with Crippen molar-refractivity contribution in [3.63, 3.8) is 0 Å². The third-order valence-electron chi connectivity index (χ3n) is 2.57. The SMILES string of the molecule is CC1CCC(n2nnnc2CN)CS1. The number of thioether (sulfide) groups is 1. The van der Waals surface area contributed by atoms with Crippen molar-refractivity contribution >= 4 is 11.8 Å². The molecule has 1 aliphatic rings. The van der Waals surface area contributed by atoms with E-state index in [0.717, 1.165) is 23.2 Å². The number of nitrogens with two attached hydrogens (primary N) is 1. The first-order valence-electron chi connectivity index (χ1n) is 4.89. The van der Waals surface area contributed by atoms with Gasteiger partial charge in [-0.25, -0.2) is 4.68 Å². The van der Waals surface area contributed by atoms with Gasteiger partial charge in [0.1, 0.15) is 0 Å². The van der Waals surface area contributed by atoms with E-state index < -0.39 is 0 Å². The van der Waals surface area contributed by atoms with Gasteiger partial charge in [0.2, 0.25) is 0 Å². The Balaban J connectivity index is 2.08. The van der Waals surface area contributed by atoms with Gasteiger partial charge in [-0.3, -0.25) is 0 Å². The third-order valence-corrected chi connectivity index (χ3v) is 3.95. The van der Waals surface area contributed by atoms with Crippen LogP contribution < -0.4 is 5.73 Å². The van der Waals surface area contributed by atoms with Crippen LogP contribution in [0.5, 0.6) is 0 Å². The van der Waals surface area contributed by atoms with E-state index in [2.05, 4.69) is 22.4 Å². The van der Waals surface area contributed by atoms with Crippen LogP contribution in [0.3, 0.4) is 0 Å². The van der Waals surface area contributed by atoms with Gasteiger partial charge in [-0.1, -0.05) is 6.92 Å². The monoisotopic (exact) mass is 213 g/mol. The molecule has 78 valence electrons. The molecule has 1 saturated heterocycles. The molecule has 1 aromatic heterocycles. The van der Waals surface area contributed by atoms with Gasteiger partial charge in [0, 0.05) is 11.0 Å². The summed E-state index contributed by atoms with van der Waals surface area (Å²) in [5.41, 5.74) is 5.56. The highest BCUT2D eigenvalue weighted by Gasteiger charge is 2.22. The molecule has 1 aromatic rings. The fourth-order valence-electron chi connectivity index (χ4n) is 1.69. The Kier molecular flexibility index (Phi) is 3.02. The summed E-state index contributed by atoms with van der Waals surface area (Å²) in [6.45, 7) is 2.69. The molecule has 0 aliphatic carbocycles. The second kappa shape index (κ2) is 4.27. The number of rotatable bonds is 2. The van der Waals surface area contributed by atoms with Crippen LogP contribution in [-0.2, 0) is 6.54 Å². The summed E-state index contributed by atoms with van der Waals surface area (Å²) in [7, 11) is 0. The average Bonchev–Trinajstić information content (AvgIpc) is 2.67. The molecule has 0 saturated carbocycles. The molecule has 0 spiro atoms. The maximum atomic E-state index is 5.56. The summed E-state index contributed by atoms with van der Waals surface area (Å²) in [5.74, 6) is 1.89. The van der Waals surface area contributed by atoms with Gasteiger partial charge in [0.05, 0.1) is 12.6 Å². The number of nitrogens with zero attached hydrogens (tertiary/aromatic N) is 4. The molecular formula is C8H15N5S. The van der Waals surface area contributed by atoms with Crippen LogP contribution in [0.15, 0.2) is 0 Å². The lowest BCUT2D eigenvalue weighted by Crippen LogP contribution is -2.23. The lowest BCUT2D eigenvalue weighted by Gasteiger charge is -2.25. The van der Waals surface area contributed by atoms with Crippen LogP contribution in [0.4, 0.5) is 0 Å². The maximum Gasteiger partial charge on any atom is 0.165 e. The fraction of sp³-hybridized carbons (Fsp3) is 0.875. The zero-order chi connectivity index (χ0) is 9.97. The van der Waals surface area contributed by atoms with Crippen LogP contribution in [0, 0.1) is 0 Å². The molecule has 1 fully saturated rings. The largest absolute Gasteiger partial charge is 0.324 e. The molecule has 2 rings (SSSR count). The van der Waals surface area contributed by atoms with Crippen LogP contribution in [0.1, 0.15) is 31.6 Å². The van der Waals surface area contributed by atoms with Crippen molar-refractivity contribution in [1.82, 2.24) is 20.2 Å². The van der Waals surface area contributed by atoms with E-state index in [4.69, 9.17) is 5.73 Å². The Morgan fingerprint density at radius 1 is 1.57 bits per heavy atom. The Hall–Kier alpha value is -0.620. The zero-order valence-corrected chi connectivity index (χ0v) is 9.07. The molecule has 0 radical (unpaired) electrons. The van der Waals surface area contributed by atoms with E-state index in [1.807, 2.05) is 16.4 Å². The standard InChI is InChI=1S/C8H15N5S/c1-6-2-3-7(5-14-6)13-8(4-9)10-11-12-13/h6-7H,2-5,9H2,1H3. The van der Waals surface area contributed by atoms with Crippen LogP contribution >= 0.6 is 11.8 Å². The van der Waals surface area contributed by atoms with Gasteiger partial charge in [0.25, 0.3) is 0 Å². The smallest absolute Gasteiger partial charge is 0.165 e.